The van der Waals surface area contributed by atoms with Crippen LogP contribution in [-0.2, 0) is 29.1 Å². The minimum atomic E-state index is -0.858. The standard InChI is InChI=1S/C33H34N2O5/c1-38-28-17-11-10-16-27(28)22-34-33(37)32(26-14-8-5-9-15-26)35(23-24-12-6-4-7-13-24)31(36)21-25-18-19-29(39-2)30(20-25)40-3/h4-20,32H,21-23H2,1-3H3,(H,34,37)/t32-/m0/s1. The molecule has 1 atom stereocenters. The van der Waals surface area contributed by atoms with Crippen molar-refractivity contribution in [3.63, 3.8) is 0 Å². The van der Waals surface area contributed by atoms with Gasteiger partial charge in [-0.2, -0.15) is 0 Å². The zero-order valence-electron chi connectivity index (χ0n) is 23.0. The predicted octanol–water partition coefficient (Wildman–Crippen LogP) is 5.34. The van der Waals surface area contributed by atoms with Crippen molar-refractivity contribution in [2.75, 3.05) is 21.3 Å². The van der Waals surface area contributed by atoms with Crippen LogP contribution in [0.2, 0.25) is 0 Å². The van der Waals surface area contributed by atoms with E-state index in [4.69, 9.17) is 14.2 Å². The minimum Gasteiger partial charge on any atom is -0.496 e. The summed E-state index contributed by atoms with van der Waals surface area (Å²) in [5, 5.41) is 3.04. The number of hydrogen-bond donors (Lipinski definition) is 1. The van der Waals surface area contributed by atoms with Gasteiger partial charge in [0.15, 0.2) is 11.5 Å². The first-order valence-corrected chi connectivity index (χ1v) is 13.0. The van der Waals surface area contributed by atoms with Crippen LogP contribution in [0.4, 0.5) is 0 Å². The molecule has 4 rings (SSSR count). The molecule has 7 nitrogen and oxygen atoms in total. The van der Waals surface area contributed by atoms with Crippen LogP contribution in [0, 0.1) is 0 Å². The maximum Gasteiger partial charge on any atom is 0.247 e. The summed E-state index contributed by atoms with van der Waals surface area (Å²) >= 11 is 0. The molecule has 0 aliphatic rings. The Bertz CT molecular complexity index is 1410. The van der Waals surface area contributed by atoms with E-state index in [2.05, 4.69) is 5.32 Å². The maximum absolute atomic E-state index is 14.0. The molecule has 0 aliphatic heterocycles. The lowest BCUT2D eigenvalue weighted by molar-refractivity contribution is -0.141. The monoisotopic (exact) mass is 538 g/mol. The van der Waals surface area contributed by atoms with Crippen molar-refractivity contribution >= 4 is 11.8 Å². The fourth-order valence-corrected chi connectivity index (χ4v) is 4.61. The van der Waals surface area contributed by atoms with Gasteiger partial charge in [0.1, 0.15) is 11.8 Å². The molecule has 0 saturated carbocycles. The maximum atomic E-state index is 14.0. The fourth-order valence-electron chi connectivity index (χ4n) is 4.61. The van der Waals surface area contributed by atoms with E-state index in [1.54, 1.807) is 38.4 Å². The highest BCUT2D eigenvalue weighted by atomic mass is 16.5. The van der Waals surface area contributed by atoms with Crippen LogP contribution in [0.3, 0.4) is 0 Å². The lowest BCUT2D eigenvalue weighted by Gasteiger charge is -2.32. The molecule has 2 amide bonds. The minimum absolute atomic E-state index is 0.0797. The summed E-state index contributed by atoms with van der Waals surface area (Å²) in [5.41, 5.74) is 3.23. The van der Waals surface area contributed by atoms with Gasteiger partial charge in [-0.05, 0) is 34.9 Å². The van der Waals surface area contributed by atoms with Crippen molar-refractivity contribution in [3.8, 4) is 17.2 Å². The van der Waals surface area contributed by atoms with Crippen LogP contribution in [0.1, 0.15) is 28.3 Å². The van der Waals surface area contributed by atoms with Gasteiger partial charge in [0.05, 0.1) is 27.8 Å². The summed E-state index contributed by atoms with van der Waals surface area (Å²) in [5.74, 6) is 1.32. The number of para-hydroxylation sites is 1. The van der Waals surface area contributed by atoms with Gasteiger partial charge in [0.25, 0.3) is 0 Å². The summed E-state index contributed by atoms with van der Waals surface area (Å²) in [6, 6.07) is 31.1. The van der Waals surface area contributed by atoms with Crippen LogP contribution in [-0.4, -0.2) is 38.0 Å². The van der Waals surface area contributed by atoms with Gasteiger partial charge >= 0.3 is 0 Å². The molecule has 0 unspecified atom stereocenters. The average Bonchev–Trinajstić information content (AvgIpc) is 3.00. The molecular weight excluding hydrogens is 504 g/mol. The van der Waals surface area contributed by atoms with Crippen LogP contribution < -0.4 is 19.5 Å². The fraction of sp³-hybridized carbons (Fsp3) is 0.212. The lowest BCUT2D eigenvalue weighted by Crippen LogP contribution is -2.43. The Labute approximate surface area is 235 Å². The summed E-state index contributed by atoms with van der Waals surface area (Å²) < 4.78 is 16.2. The van der Waals surface area contributed by atoms with E-state index in [-0.39, 0.29) is 31.3 Å². The van der Waals surface area contributed by atoms with E-state index in [0.717, 1.165) is 22.3 Å². The molecule has 0 radical (unpaired) electrons. The molecule has 40 heavy (non-hydrogen) atoms. The van der Waals surface area contributed by atoms with Gasteiger partial charge in [-0.1, -0.05) is 84.9 Å². The molecule has 0 bridgehead atoms. The summed E-state index contributed by atoms with van der Waals surface area (Å²) in [6.07, 6.45) is 0.0797. The number of carbonyl (C=O) groups is 2. The molecule has 4 aromatic carbocycles. The van der Waals surface area contributed by atoms with E-state index in [1.165, 1.54) is 0 Å². The van der Waals surface area contributed by atoms with E-state index in [1.807, 2.05) is 91.0 Å². The van der Waals surface area contributed by atoms with E-state index >= 15 is 0 Å². The molecule has 0 aromatic heterocycles. The van der Waals surface area contributed by atoms with Crippen molar-refractivity contribution in [1.29, 1.82) is 0 Å². The largest absolute Gasteiger partial charge is 0.496 e. The normalized spacial score (nSPS) is 11.3. The second kappa shape index (κ2) is 13.8. The summed E-state index contributed by atoms with van der Waals surface area (Å²) in [7, 11) is 4.73. The number of nitrogens with zero attached hydrogens (tertiary/aromatic N) is 1. The highest BCUT2D eigenvalue weighted by Gasteiger charge is 2.31. The summed E-state index contributed by atoms with van der Waals surface area (Å²) in [6.45, 7) is 0.518. The van der Waals surface area contributed by atoms with Gasteiger partial charge in [0, 0.05) is 18.7 Å². The first-order chi connectivity index (χ1) is 19.5. The molecule has 206 valence electrons. The Morgan fingerprint density at radius 1 is 0.700 bits per heavy atom. The van der Waals surface area contributed by atoms with Gasteiger partial charge in [-0.25, -0.2) is 0 Å². The van der Waals surface area contributed by atoms with Crippen molar-refractivity contribution in [2.24, 2.45) is 0 Å². The van der Waals surface area contributed by atoms with Gasteiger partial charge in [0.2, 0.25) is 11.8 Å². The summed E-state index contributed by atoms with van der Waals surface area (Å²) in [4.78, 5) is 29.6. The molecule has 0 fully saturated rings. The third-order valence-corrected chi connectivity index (χ3v) is 6.64. The molecular formula is C33H34N2O5. The van der Waals surface area contributed by atoms with E-state index in [9.17, 15) is 9.59 Å². The van der Waals surface area contributed by atoms with Crippen LogP contribution >= 0.6 is 0 Å². The second-order valence-electron chi connectivity index (χ2n) is 9.22. The average molecular weight is 539 g/mol. The third-order valence-electron chi connectivity index (χ3n) is 6.64. The number of benzene rings is 4. The van der Waals surface area contributed by atoms with Gasteiger partial charge in [-0.15, -0.1) is 0 Å². The Hall–Kier alpha value is -4.78. The van der Waals surface area contributed by atoms with Crippen LogP contribution in [0.25, 0.3) is 0 Å². The van der Waals surface area contributed by atoms with Crippen LogP contribution in [0.15, 0.2) is 103 Å². The van der Waals surface area contributed by atoms with Crippen molar-refractivity contribution in [2.45, 2.75) is 25.6 Å². The number of amides is 2. The van der Waals surface area contributed by atoms with E-state index in [0.29, 0.717) is 17.2 Å². The third kappa shape index (κ3) is 6.99. The Morgan fingerprint density at radius 3 is 2.00 bits per heavy atom. The molecule has 7 heteroatoms. The molecule has 1 N–H and O–H groups in total. The Kier molecular flexibility index (Phi) is 9.77. The predicted molar refractivity (Wildman–Crippen MR) is 154 cm³/mol. The lowest BCUT2D eigenvalue weighted by atomic mass is 10.0. The molecule has 0 heterocycles. The number of carbonyl (C=O) groups excluding carboxylic acids is 2. The molecule has 0 spiro atoms. The first kappa shape index (κ1) is 28.2. The smallest absolute Gasteiger partial charge is 0.247 e. The Morgan fingerprint density at radius 2 is 1.32 bits per heavy atom. The number of hydrogen-bond acceptors (Lipinski definition) is 5. The van der Waals surface area contributed by atoms with Gasteiger partial charge < -0.3 is 24.4 Å². The number of nitrogens with one attached hydrogen (secondary N) is 1. The highest BCUT2D eigenvalue weighted by molar-refractivity contribution is 5.89. The van der Waals surface area contributed by atoms with Gasteiger partial charge in [-0.3, -0.25) is 9.59 Å². The molecule has 4 aromatic rings. The highest BCUT2D eigenvalue weighted by Crippen LogP contribution is 2.30. The van der Waals surface area contributed by atoms with Crippen molar-refractivity contribution in [3.05, 3.63) is 125 Å². The molecule has 0 aliphatic carbocycles. The zero-order valence-corrected chi connectivity index (χ0v) is 23.0. The quantitative estimate of drug-likeness (QED) is 0.264. The molecule has 0 saturated heterocycles. The number of methoxy groups -OCH3 is 3. The first-order valence-electron chi connectivity index (χ1n) is 13.0. The van der Waals surface area contributed by atoms with Crippen LogP contribution in [0.5, 0.6) is 17.2 Å². The van der Waals surface area contributed by atoms with Crippen molar-refractivity contribution in [1.82, 2.24) is 10.2 Å². The zero-order chi connectivity index (χ0) is 28.3. The second-order valence-corrected chi connectivity index (χ2v) is 9.22. The number of rotatable bonds is 12. The Balaban J connectivity index is 1.68. The SMILES string of the molecule is COc1ccccc1CNC(=O)[C@H](c1ccccc1)N(Cc1ccccc1)C(=O)Cc1ccc(OC)c(OC)c1. The van der Waals surface area contributed by atoms with Crippen molar-refractivity contribution < 1.29 is 23.8 Å². The number of ether oxygens (including phenoxy) is 3. The topological polar surface area (TPSA) is 77.1 Å². The van der Waals surface area contributed by atoms with E-state index < -0.39 is 6.04 Å².